The second-order valence-electron chi connectivity index (χ2n) is 5.77. The molecule has 1 fully saturated rings. The molecule has 1 aromatic rings. The zero-order valence-electron chi connectivity index (χ0n) is 14.2. The number of hydrogen-bond acceptors (Lipinski definition) is 5. The van der Waals surface area contributed by atoms with Gasteiger partial charge in [0.05, 0.1) is 7.11 Å². The largest absolute Gasteiger partial charge is 0.496 e. The third-order valence-electron chi connectivity index (χ3n) is 3.86. The minimum absolute atomic E-state index is 0.204. The van der Waals surface area contributed by atoms with Crippen LogP contribution >= 0.6 is 0 Å². The molecule has 1 atom stereocenters. The molecule has 9 heteroatoms. The maximum atomic E-state index is 12.7. The molecule has 0 bridgehead atoms. The van der Waals surface area contributed by atoms with E-state index in [4.69, 9.17) is 4.74 Å². The molecule has 9 nitrogen and oxygen atoms in total. The Bertz CT molecular complexity index is 720. The highest BCUT2D eigenvalue weighted by Crippen LogP contribution is 2.27. The van der Waals surface area contributed by atoms with Crippen molar-refractivity contribution in [2.45, 2.75) is 18.9 Å². The Morgan fingerprint density at radius 1 is 1.28 bits per heavy atom. The average molecular weight is 348 g/mol. The summed E-state index contributed by atoms with van der Waals surface area (Å²) in [7, 11) is 2.87. The lowest BCUT2D eigenvalue weighted by Gasteiger charge is -2.22. The van der Waals surface area contributed by atoms with E-state index < -0.39 is 36.0 Å². The summed E-state index contributed by atoms with van der Waals surface area (Å²) >= 11 is 0. The Labute approximate surface area is 144 Å². The van der Waals surface area contributed by atoms with Crippen LogP contribution in [0.1, 0.15) is 12.5 Å². The topological polar surface area (TPSA) is 117 Å². The normalized spacial score (nSPS) is 19.4. The molecule has 0 unspecified atom stereocenters. The van der Waals surface area contributed by atoms with E-state index in [-0.39, 0.29) is 6.42 Å². The maximum Gasteiger partial charge on any atom is 0.325 e. The number of benzene rings is 1. The first kappa shape index (κ1) is 18.2. The van der Waals surface area contributed by atoms with E-state index in [2.05, 4.69) is 10.6 Å². The van der Waals surface area contributed by atoms with Crippen LogP contribution in [-0.2, 0) is 16.0 Å². The fourth-order valence-electron chi connectivity index (χ4n) is 2.61. The molecular weight excluding hydrogens is 328 g/mol. The standard InChI is InChI=1S/C16H20N4O5/c1-16(8-10-6-4-5-7-11(10)25-3)13(22)20(15(24)19-16)9-12(21)18-14(23)17-2/h4-7H,8-9H2,1-3H3,(H,19,24)(H2,17,18,21,23)/t16-/m0/s1. The van der Waals surface area contributed by atoms with E-state index >= 15 is 0 Å². The minimum Gasteiger partial charge on any atom is -0.496 e. The van der Waals surface area contributed by atoms with Gasteiger partial charge in [0, 0.05) is 13.5 Å². The van der Waals surface area contributed by atoms with Crippen molar-refractivity contribution in [3.8, 4) is 5.75 Å². The molecule has 0 saturated carbocycles. The molecule has 1 aliphatic rings. The van der Waals surface area contributed by atoms with Gasteiger partial charge >= 0.3 is 12.1 Å². The second kappa shape index (κ2) is 7.20. The Morgan fingerprint density at radius 3 is 2.60 bits per heavy atom. The van der Waals surface area contributed by atoms with Crippen molar-refractivity contribution in [3.05, 3.63) is 29.8 Å². The summed E-state index contributed by atoms with van der Waals surface area (Å²) in [6.45, 7) is 1.04. The van der Waals surface area contributed by atoms with Crippen LogP contribution in [0.4, 0.5) is 9.59 Å². The number of para-hydroxylation sites is 1. The summed E-state index contributed by atoms with van der Waals surface area (Å²) < 4.78 is 5.26. The summed E-state index contributed by atoms with van der Waals surface area (Å²) in [4.78, 5) is 48.5. The first-order valence-corrected chi connectivity index (χ1v) is 7.58. The first-order chi connectivity index (χ1) is 11.8. The number of nitrogens with zero attached hydrogens (tertiary/aromatic N) is 1. The zero-order chi connectivity index (χ0) is 18.6. The van der Waals surface area contributed by atoms with Crippen molar-refractivity contribution in [2.24, 2.45) is 0 Å². The summed E-state index contributed by atoms with van der Waals surface area (Å²) in [6.07, 6.45) is 0.204. The molecule has 3 N–H and O–H groups in total. The summed E-state index contributed by atoms with van der Waals surface area (Å²) in [5, 5.41) is 6.83. The van der Waals surface area contributed by atoms with Crippen molar-refractivity contribution in [1.82, 2.24) is 20.9 Å². The van der Waals surface area contributed by atoms with Gasteiger partial charge in [-0.15, -0.1) is 0 Å². The number of methoxy groups -OCH3 is 1. The minimum atomic E-state index is -1.21. The summed E-state index contributed by atoms with van der Waals surface area (Å²) in [6, 6.07) is 5.76. The van der Waals surface area contributed by atoms with Crippen LogP contribution in [0.15, 0.2) is 24.3 Å². The van der Waals surface area contributed by atoms with Crippen LogP contribution in [0.25, 0.3) is 0 Å². The van der Waals surface area contributed by atoms with Crippen molar-refractivity contribution in [2.75, 3.05) is 20.7 Å². The second-order valence-corrected chi connectivity index (χ2v) is 5.77. The molecule has 0 spiro atoms. The van der Waals surface area contributed by atoms with Gasteiger partial charge in [-0.1, -0.05) is 18.2 Å². The van der Waals surface area contributed by atoms with Gasteiger partial charge in [-0.2, -0.15) is 0 Å². The zero-order valence-corrected chi connectivity index (χ0v) is 14.2. The van der Waals surface area contributed by atoms with Crippen LogP contribution in [0.3, 0.4) is 0 Å². The van der Waals surface area contributed by atoms with Crippen molar-refractivity contribution >= 4 is 23.9 Å². The molecule has 0 aromatic heterocycles. The van der Waals surface area contributed by atoms with Crippen molar-refractivity contribution < 1.29 is 23.9 Å². The lowest BCUT2D eigenvalue weighted by Crippen LogP contribution is -2.48. The van der Waals surface area contributed by atoms with E-state index in [1.54, 1.807) is 31.2 Å². The highest BCUT2D eigenvalue weighted by molar-refractivity contribution is 6.09. The van der Waals surface area contributed by atoms with Gasteiger partial charge in [0.2, 0.25) is 5.91 Å². The van der Waals surface area contributed by atoms with Crippen LogP contribution in [0.5, 0.6) is 5.75 Å². The quantitative estimate of drug-likeness (QED) is 0.648. The number of carbonyl (C=O) groups excluding carboxylic acids is 4. The molecule has 0 aliphatic carbocycles. The Morgan fingerprint density at radius 2 is 1.96 bits per heavy atom. The van der Waals surface area contributed by atoms with E-state index in [1.807, 2.05) is 5.32 Å². The number of imide groups is 2. The van der Waals surface area contributed by atoms with Gasteiger partial charge < -0.3 is 15.4 Å². The summed E-state index contributed by atoms with van der Waals surface area (Å²) in [5.74, 6) is -0.707. The van der Waals surface area contributed by atoms with Crippen LogP contribution in [-0.4, -0.2) is 55.0 Å². The summed E-state index contributed by atoms with van der Waals surface area (Å²) in [5.41, 5.74) is -0.461. The van der Waals surface area contributed by atoms with Crippen LogP contribution in [0.2, 0.25) is 0 Å². The molecule has 1 aliphatic heterocycles. The van der Waals surface area contributed by atoms with E-state index in [9.17, 15) is 19.2 Å². The molecule has 2 rings (SSSR count). The third-order valence-corrected chi connectivity index (χ3v) is 3.86. The fraction of sp³-hybridized carbons (Fsp3) is 0.375. The molecule has 1 heterocycles. The molecule has 134 valence electrons. The number of urea groups is 2. The number of rotatable bonds is 5. The number of ether oxygens (including phenoxy) is 1. The van der Waals surface area contributed by atoms with Crippen molar-refractivity contribution in [3.63, 3.8) is 0 Å². The molecule has 25 heavy (non-hydrogen) atoms. The van der Waals surface area contributed by atoms with E-state index in [0.29, 0.717) is 5.75 Å². The average Bonchev–Trinajstić information content (AvgIpc) is 2.78. The number of carbonyl (C=O) groups is 4. The SMILES string of the molecule is CNC(=O)NC(=O)CN1C(=O)N[C@@](C)(Cc2ccccc2OC)C1=O. The van der Waals surface area contributed by atoms with Gasteiger partial charge in [-0.05, 0) is 18.6 Å². The smallest absolute Gasteiger partial charge is 0.325 e. The molecule has 1 saturated heterocycles. The number of amides is 6. The highest BCUT2D eigenvalue weighted by Gasteiger charge is 2.48. The highest BCUT2D eigenvalue weighted by atomic mass is 16.5. The van der Waals surface area contributed by atoms with Gasteiger partial charge in [-0.3, -0.25) is 19.8 Å². The van der Waals surface area contributed by atoms with Crippen LogP contribution in [0, 0.1) is 0 Å². The molecule has 0 radical (unpaired) electrons. The van der Waals surface area contributed by atoms with Gasteiger partial charge in [0.1, 0.15) is 17.8 Å². The Balaban J connectivity index is 2.13. The lowest BCUT2D eigenvalue weighted by molar-refractivity contribution is -0.134. The van der Waals surface area contributed by atoms with Gasteiger partial charge in [0.15, 0.2) is 0 Å². The first-order valence-electron chi connectivity index (χ1n) is 7.58. The van der Waals surface area contributed by atoms with Gasteiger partial charge in [0.25, 0.3) is 5.91 Å². The molecule has 1 aromatic carbocycles. The fourth-order valence-corrected chi connectivity index (χ4v) is 2.61. The predicted octanol–water partition coefficient (Wildman–Crippen LogP) is 0.00380. The van der Waals surface area contributed by atoms with E-state index in [0.717, 1.165) is 10.5 Å². The predicted molar refractivity (Wildman–Crippen MR) is 87.9 cm³/mol. The van der Waals surface area contributed by atoms with E-state index in [1.165, 1.54) is 14.2 Å². The molecular formula is C16H20N4O5. The van der Waals surface area contributed by atoms with Gasteiger partial charge in [-0.25, -0.2) is 9.59 Å². The Kier molecular flexibility index (Phi) is 5.26. The lowest BCUT2D eigenvalue weighted by atomic mass is 9.92. The molecule has 6 amide bonds. The number of nitrogens with one attached hydrogen (secondary N) is 3. The Hall–Kier alpha value is -3.10. The maximum absolute atomic E-state index is 12.7. The van der Waals surface area contributed by atoms with Crippen LogP contribution < -0.4 is 20.7 Å². The van der Waals surface area contributed by atoms with Crippen molar-refractivity contribution in [1.29, 1.82) is 0 Å². The monoisotopic (exact) mass is 348 g/mol. The number of hydrogen-bond donors (Lipinski definition) is 3. The third kappa shape index (κ3) is 3.87.